The first-order chi connectivity index (χ1) is 12.7. The van der Waals surface area contributed by atoms with E-state index in [9.17, 15) is 0 Å². The van der Waals surface area contributed by atoms with E-state index in [2.05, 4.69) is 43.4 Å². The van der Waals surface area contributed by atoms with Crippen molar-refractivity contribution >= 4 is 11.6 Å². The Kier molecular flexibility index (Phi) is 9.58. The molecule has 0 spiro atoms. The Labute approximate surface area is 163 Å². The van der Waals surface area contributed by atoms with Crippen LogP contribution in [-0.4, -0.2) is 6.54 Å². The van der Waals surface area contributed by atoms with E-state index in [1.807, 2.05) is 18.2 Å². The maximum Gasteiger partial charge on any atom is 0.124 e. The molecule has 26 heavy (non-hydrogen) atoms. The average Bonchev–Trinajstić information content (AvgIpc) is 2.64. The molecule has 0 saturated heterocycles. The normalized spacial score (nSPS) is 10.9. The third-order valence-electron chi connectivity index (χ3n) is 4.69. The van der Waals surface area contributed by atoms with E-state index in [1.165, 1.54) is 49.7 Å². The Hall–Kier alpha value is -1.51. The van der Waals surface area contributed by atoms with Crippen LogP contribution in [0.2, 0.25) is 5.02 Å². The lowest BCUT2D eigenvalue weighted by Gasteiger charge is -2.14. The molecule has 1 N–H and O–H groups in total. The van der Waals surface area contributed by atoms with Crippen LogP contribution in [-0.2, 0) is 13.2 Å². The van der Waals surface area contributed by atoms with Crippen LogP contribution in [0.5, 0.6) is 5.75 Å². The fourth-order valence-corrected chi connectivity index (χ4v) is 3.20. The molecule has 0 amide bonds. The second-order valence-electron chi connectivity index (χ2n) is 6.91. The van der Waals surface area contributed by atoms with Crippen LogP contribution < -0.4 is 10.1 Å². The summed E-state index contributed by atoms with van der Waals surface area (Å²) in [4.78, 5) is 0. The first-order valence-corrected chi connectivity index (χ1v) is 10.2. The van der Waals surface area contributed by atoms with Gasteiger partial charge in [-0.25, -0.2) is 0 Å². The van der Waals surface area contributed by atoms with E-state index < -0.39 is 0 Å². The predicted octanol–water partition coefficient (Wildman–Crippen LogP) is 6.68. The van der Waals surface area contributed by atoms with Gasteiger partial charge in [0.05, 0.1) is 0 Å². The molecule has 0 saturated carbocycles. The summed E-state index contributed by atoms with van der Waals surface area (Å²) in [6, 6.07) is 14.2. The molecule has 3 heteroatoms. The zero-order valence-corrected chi connectivity index (χ0v) is 16.9. The molecule has 0 aliphatic heterocycles. The minimum atomic E-state index is 0.582. The maximum atomic E-state index is 6.19. The minimum absolute atomic E-state index is 0.582. The van der Waals surface area contributed by atoms with Gasteiger partial charge in [-0.2, -0.15) is 0 Å². The van der Waals surface area contributed by atoms with E-state index in [1.54, 1.807) is 0 Å². The monoisotopic (exact) mass is 373 g/mol. The Bertz CT molecular complexity index is 656. The zero-order valence-electron chi connectivity index (χ0n) is 16.2. The van der Waals surface area contributed by atoms with Crippen molar-refractivity contribution in [2.45, 2.75) is 65.5 Å². The number of ether oxygens (including phenoxy) is 1. The molecule has 0 radical (unpaired) electrons. The molecule has 0 unspecified atom stereocenters. The third-order valence-corrected chi connectivity index (χ3v) is 4.92. The Morgan fingerprint density at radius 1 is 0.923 bits per heavy atom. The van der Waals surface area contributed by atoms with Gasteiger partial charge in [0, 0.05) is 17.1 Å². The van der Waals surface area contributed by atoms with Crippen LogP contribution in [0, 0.1) is 6.92 Å². The highest BCUT2D eigenvalue weighted by Gasteiger charge is 2.06. The summed E-state index contributed by atoms with van der Waals surface area (Å²) in [6.45, 7) is 6.78. The molecule has 0 heterocycles. The molecular weight excluding hydrogens is 342 g/mol. The number of hydrogen-bond donors (Lipinski definition) is 1. The summed E-state index contributed by atoms with van der Waals surface area (Å²) in [5, 5.41) is 4.29. The number of halogens is 1. The fourth-order valence-electron chi connectivity index (χ4n) is 3.01. The molecule has 2 nitrogen and oxygen atoms in total. The quantitative estimate of drug-likeness (QED) is 0.419. The SMILES string of the molecule is CCCCCCCCNCc1cc(Cl)ccc1OCc1ccccc1C. The summed E-state index contributed by atoms with van der Waals surface area (Å²) in [5.41, 5.74) is 3.59. The van der Waals surface area contributed by atoms with Crippen molar-refractivity contribution < 1.29 is 4.74 Å². The first-order valence-electron chi connectivity index (χ1n) is 9.87. The number of rotatable bonds is 12. The summed E-state index contributed by atoms with van der Waals surface area (Å²) >= 11 is 6.19. The van der Waals surface area contributed by atoms with Crippen molar-refractivity contribution in [3.63, 3.8) is 0 Å². The van der Waals surface area contributed by atoms with Crippen LogP contribution in [0.3, 0.4) is 0 Å². The highest BCUT2D eigenvalue weighted by Crippen LogP contribution is 2.24. The zero-order chi connectivity index (χ0) is 18.6. The van der Waals surface area contributed by atoms with E-state index in [-0.39, 0.29) is 0 Å². The van der Waals surface area contributed by atoms with E-state index >= 15 is 0 Å². The minimum Gasteiger partial charge on any atom is -0.489 e. The van der Waals surface area contributed by atoms with Crippen LogP contribution in [0.15, 0.2) is 42.5 Å². The van der Waals surface area contributed by atoms with Crippen molar-refractivity contribution in [3.05, 3.63) is 64.2 Å². The van der Waals surface area contributed by atoms with Gasteiger partial charge in [0.2, 0.25) is 0 Å². The Morgan fingerprint density at radius 2 is 1.69 bits per heavy atom. The van der Waals surface area contributed by atoms with Crippen molar-refractivity contribution in [2.75, 3.05) is 6.54 Å². The van der Waals surface area contributed by atoms with Crippen molar-refractivity contribution in [2.24, 2.45) is 0 Å². The lowest BCUT2D eigenvalue weighted by Crippen LogP contribution is -2.15. The second kappa shape index (κ2) is 12.0. The first kappa shape index (κ1) is 20.8. The number of nitrogens with one attached hydrogen (secondary N) is 1. The number of unbranched alkanes of at least 4 members (excludes halogenated alkanes) is 5. The van der Waals surface area contributed by atoms with Crippen molar-refractivity contribution in [1.29, 1.82) is 0 Å². The molecule has 2 rings (SSSR count). The highest BCUT2D eigenvalue weighted by molar-refractivity contribution is 6.30. The van der Waals surface area contributed by atoms with Gasteiger partial charge in [0.15, 0.2) is 0 Å². The second-order valence-corrected chi connectivity index (χ2v) is 7.35. The fraction of sp³-hybridized carbons (Fsp3) is 0.478. The van der Waals surface area contributed by atoms with Gasteiger partial charge in [0.1, 0.15) is 12.4 Å². The molecule has 0 fully saturated rings. The Balaban J connectivity index is 1.80. The standard InChI is InChI=1S/C23H32ClNO/c1-3-4-5-6-7-10-15-25-17-21-16-22(24)13-14-23(21)26-18-20-12-9-8-11-19(20)2/h8-9,11-14,16,25H,3-7,10,15,17-18H2,1-2H3. The van der Waals surface area contributed by atoms with Gasteiger partial charge >= 0.3 is 0 Å². The average molecular weight is 374 g/mol. The van der Waals surface area contributed by atoms with Gasteiger partial charge in [0.25, 0.3) is 0 Å². The molecule has 2 aromatic rings. The molecular formula is C23H32ClNO. The number of hydrogen-bond acceptors (Lipinski definition) is 2. The lowest BCUT2D eigenvalue weighted by molar-refractivity contribution is 0.301. The molecule has 0 bridgehead atoms. The van der Waals surface area contributed by atoms with Gasteiger partial charge in [-0.15, -0.1) is 0 Å². The lowest BCUT2D eigenvalue weighted by atomic mass is 10.1. The molecule has 0 aliphatic rings. The number of benzene rings is 2. The van der Waals surface area contributed by atoms with Crippen LogP contribution >= 0.6 is 11.6 Å². The van der Waals surface area contributed by atoms with Crippen LogP contribution in [0.25, 0.3) is 0 Å². The Morgan fingerprint density at radius 3 is 2.50 bits per heavy atom. The predicted molar refractivity (Wildman–Crippen MR) is 112 cm³/mol. The molecule has 2 aromatic carbocycles. The summed E-state index contributed by atoms with van der Waals surface area (Å²) in [5.74, 6) is 0.910. The van der Waals surface area contributed by atoms with Gasteiger partial charge in [-0.1, -0.05) is 74.9 Å². The molecule has 0 aromatic heterocycles. The van der Waals surface area contributed by atoms with Crippen molar-refractivity contribution in [3.8, 4) is 5.75 Å². The molecule has 0 aliphatic carbocycles. The summed E-state index contributed by atoms with van der Waals surface area (Å²) < 4.78 is 6.08. The van der Waals surface area contributed by atoms with E-state index in [0.717, 1.165) is 29.4 Å². The van der Waals surface area contributed by atoms with E-state index in [0.29, 0.717) is 6.61 Å². The van der Waals surface area contributed by atoms with Crippen LogP contribution in [0.4, 0.5) is 0 Å². The van der Waals surface area contributed by atoms with Gasteiger partial charge in [-0.3, -0.25) is 0 Å². The summed E-state index contributed by atoms with van der Waals surface area (Å²) in [6.07, 6.45) is 7.90. The topological polar surface area (TPSA) is 21.3 Å². The van der Waals surface area contributed by atoms with Crippen LogP contribution in [0.1, 0.15) is 62.1 Å². The van der Waals surface area contributed by atoms with Gasteiger partial charge < -0.3 is 10.1 Å². The molecule has 142 valence electrons. The number of aryl methyl sites for hydroxylation is 1. The summed E-state index contributed by atoms with van der Waals surface area (Å²) in [7, 11) is 0. The van der Waals surface area contributed by atoms with E-state index in [4.69, 9.17) is 16.3 Å². The smallest absolute Gasteiger partial charge is 0.124 e. The maximum absolute atomic E-state index is 6.19. The largest absolute Gasteiger partial charge is 0.489 e. The molecule has 0 atom stereocenters. The highest BCUT2D eigenvalue weighted by atomic mass is 35.5. The van der Waals surface area contributed by atoms with Crippen molar-refractivity contribution in [1.82, 2.24) is 5.32 Å². The van der Waals surface area contributed by atoms with Gasteiger partial charge in [-0.05, 0) is 49.2 Å². The third kappa shape index (κ3) is 7.39.